The summed E-state index contributed by atoms with van der Waals surface area (Å²) < 4.78 is 28.7. The third kappa shape index (κ3) is 5.92. The Bertz CT molecular complexity index is 494. The van der Waals surface area contributed by atoms with Crippen molar-refractivity contribution in [1.82, 2.24) is 5.32 Å². The van der Waals surface area contributed by atoms with E-state index in [2.05, 4.69) is 26.1 Å². The number of ether oxygens (including phenoxy) is 1. The van der Waals surface area contributed by atoms with E-state index in [0.29, 0.717) is 16.7 Å². The number of sulfone groups is 1. The molecular formula is C15H25NO3S. The van der Waals surface area contributed by atoms with Crippen molar-refractivity contribution in [3.8, 4) is 5.75 Å². The quantitative estimate of drug-likeness (QED) is 0.802. The molecule has 0 saturated carbocycles. The van der Waals surface area contributed by atoms with Crippen molar-refractivity contribution in [1.29, 1.82) is 0 Å². The van der Waals surface area contributed by atoms with E-state index in [1.807, 2.05) is 0 Å². The zero-order valence-corrected chi connectivity index (χ0v) is 13.5. The smallest absolute Gasteiger partial charge is 0.175 e. The summed E-state index contributed by atoms with van der Waals surface area (Å²) in [5.41, 5.74) is 0. The van der Waals surface area contributed by atoms with Gasteiger partial charge in [0, 0.05) is 18.8 Å². The lowest BCUT2D eigenvalue weighted by Gasteiger charge is -2.20. The first-order valence-electron chi connectivity index (χ1n) is 7.03. The van der Waals surface area contributed by atoms with Crippen LogP contribution in [-0.2, 0) is 9.84 Å². The molecule has 1 unspecified atom stereocenters. The van der Waals surface area contributed by atoms with Gasteiger partial charge in [0.25, 0.3) is 0 Å². The van der Waals surface area contributed by atoms with Crippen molar-refractivity contribution in [2.24, 2.45) is 0 Å². The maximum atomic E-state index is 11.4. The second-order valence-corrected chi connectivity index (χ2v) is 7.35. The van der Waals surface area contributed by atoms with Gasteiger partial charge >= 0.3 is 0 Å². The van der Waals surface area contributed by atoms with E-state index in [-0.39, 0.29) is 6.10 Å². The minimum absolute atomic E-state index is 0.103. The van der Waals surface area contributed by atoms with Crippen molar-refractivity contribution in [3.05, 3.63) is 24.3 Å². The molecule has 0 fully saturated rings. The molecule has 1 aromatic carbocycles. The van der Waals surface area contributed by atoms with E-state index in [0.717, 1.165) is 19.4 Å². The van der Waals surface area contributed by atoms with Gasteiger partial charge in [-0.3, -0.25) is 0 Å². The molecule has 0 heterocycles. The summed E-state index contributed by atoms with van der Waals surface area (Å²) in [6.07, 6.45) is 3.32. The predicted molar refractivity (Wildman–Crippen MR) is 82.0 cm³/mol. The highest BCUT2D eigenvalue weighted by atomic mass is 32.2. The number of hydrogen-bond donors (Lipinski definition) is 1. The van der Waals surface area contributed by atoms with Crippen LogP contribution >= 0.6 is 0 Å². The fraction of sp³-hybridized carbons (Fsp3) is 0.600. The molecule has 0 aromatic heterocycles. The van der Waals surface area contributed by atoms with Gasteiger partial charge in [0.05, 0.1) is 4.90 Å². The number of nitrogens with one attached hydrogen (secondary N) is 1. The van der Waals surface area contributed by atoms with E-state index >= 15 is 0 Å². The summed E-state index contributed by atoms with van der Waals surface area (Å²) in [6.45, 7) is 7.12. The Morgan fingerprint density at radius 3 is 2.25 bits per heavy atom. The molecule has 1 aromatic rings. The van der Waals surface area contributed by atoms with Gasteiger partial charge in [-0.25, -0.2) is 8.42 Å². The minimum atomic E-state index is -3.15. The first kappa shape index (κ1) is 17.0. The van der Waals surface area contributed by atoms with Crippen LogP contribution in [0.1, 0.15) is 33.6 Å². The summed E-state index contributed by atoms with van der Waals surface area (Å²) in [5.74, 6) is 0.710. The fourth-order valence-corrected chi connectivity index (χ4v) is 2.48. The summed E-state index contributed by atoms with van der Waals surface area (Å²) in [7, 11) is -3.15. The van der Waals surface area contributed by atoms with Gasteiger partial charge in [0.1, 0.15) is 11.9 Å². The highest BCUT2D eigenvalue weighted by molar-refractivity contribution is 7.90. The lowest BCUT2D eigenvalue weighted by Crippen LogP contribution is -2.35. The molecule has 1 atom stereocenters. The van der Waals surface area contributed by atoms with Crippen LogP contribution < -0.4 is 10.1 Å². The SMILES string of the molecule is CCCC(CNC(C)C)Oc1ccc(S(C)(=O)=O)cc1. The van der Waals surface area contributed by atoms with Crippen molar-refractivity contribution >= 4 is 9.84 Å². The van der Waals surface area contributed by atoms with E-state index in [4.69, 9.17) is 4.74 Å². The second-order valence-electron chi connectivity index (χ2n) is 5.34. The summed E-state index contributed by atoms with van der Waals surface area (Å²) in [4.78, 5) is 0.317. The molecule has 5 heteroatoms. The standard InChI is InChI=1S/C15H25NO3S/c1-5-6-14(11-16-12(2)3)19-13-7-9-15(10-8-13)20(4,17)18/h7-10,12,14,16H,5-6,11H2,1-4H3. The van der Waals surface area contributed by atoms with Crippen molar-refractivity contribution in [2.75, 3.05) is 12.8 Å². The molecule has 0 aliphatic heterocycles. The molecule has 20 heavy (non-hydrogen) atoms. The van der Waals surface area contributed by atoms with Gasteiger partial charge < -0.3 is 10.1 Å². The molecular weight excluding hydrogens is 274 g/mol. The molecule has 0 aliphatic rings. The topological polar surface area (TPSA) is 55.4 Å². The molecule has 0 spiro atoms. The third-order valence-electron chi connectivity index (χ3n) is 2.92. The van der Waals surface area contributed by atoms with Crippen LogP contribution in [0.4, 0.5) is 0 Å². The van der Waals surface area contributed by atoms with Crippen LogP contribution in [0.3, 0.4) is 0 Å². The maximum Gasteiger partial charge on any atom is 0.175 e. The van der Waals surface area contributed by atoms with Crippen molar-refractivity contribution in [3.63, 3.8) is 0 Å². The van der Waals surface area contributed by atoms with E-state index < -0.39 is 9.84 Å². The van der Waals surface area contributed by atoms with Gasteiger partial charge in [-0.05, 0) is 30.7 Å². The Kier molecular flexibility index (Phi) is 6.49. The monoisotopic (exact) mass is 299 g/mol. The van der Waals surface area contributed by atoms with Crippen LogP contribution in [0.25, 0.3) is 0 Å². The van der Waals surface area contributed by atoms with Crippen LogP contribution in [0.2, 0.25) is 0 Å². The molecule has 0 radical (unpaired) electrons. The Hall–Kier alpha value is -1.07. The molecule has 114 valence electrons. The Labute approximate surface area is 122 Å². The Balaban J connectivity index is 2.68. The van der Waals surface area contributed by atoms with Crippen LogP contribution in [0.15, 0.2) is 29.2 Å². The Morgan fingerprint density at radius 1 is 1.20 bits per heavy atom. The molecule has 0 bridgehead atoms. The average molecular weight is 299 g/mol. The maximum absolute atomic E-state index is 11.4. The van der Waals surface area contributed by atoms with Crippen molar-refractivity contribution in [2.45, 2.75) is 50.7 Å². The van der Waals surface area contributed by atoms with E-state index in [1.54, 1.807) is 24.3 Å². The fourth-order valence-electron chi connectivity index (χ4n) is 1.85. The molecule has 0 aliphatic carbocycles. The largest absolute Gasteiger partial charge is 0.489 e. The Morgan fingerprint density at radius 2 is 1.80 bits per heavy atom. The zero-order valence-electron chi connectivity index (χ0n) is 12.7. The van der Waals surface area contributed by atoms with Crippen LogP contribution in [0, 0.1) is 0 Å². The highest BCUT2D eigenvalue weighted by Gasteiger charge is 2.11. The van der Waals surface area contributed by atoms with Crippen LogP contribution in [-0.4, -0.2) is 33.4 Å². The molecule has 1 rings (SSSR count). The summed E-state index contributed by atoms with van der Waals surface area (Å²) in [6, 6.07) is 7.03. The van der Waals surface area contributed by atoms with Gasteiger partial charge in [-0.1, -0.05) is 27.2 Å². The molecule has 1 N–H and O–H groups in total. The first-order chi connectivity index (χ1) is 9.32. The van der Waals surface area contributed by atoms with Gasteiger partial charge in [-0.15, -0.1) is 0 Å². The van der Waals surface area contributed by atoms with E-state index in [9.17, 15) is 8.42 Å². The number of benzene rings is 1. The molecule has 0 amide bonds. The van der Waals surface area contributed by atoms with Crippen molar-refractivity contribution < 1.29 is 13.2 Å². The summed E-state index contributed by atoms with van der Waals surface area (Å²) >= 11 is 0. The molecule has 4 nitrogen and oxygen atoms in total. The lowest BCUT2D eigenvalue weighted by molar-refractivity contribution is 0.183. The van der Waals surface area contributed by atoms with E-state index in [1.165, 1.54) is 6.26 Å². The predicted octanol–water partition coefficient (Wildman–Crippen LogP) is 2.64. The zero-order chi connectivity index (χ0) is 15.2. The highest BCUT2D eigenvalue weighted by Crippen LogP contribution is 2.18. The second kappa shape index (κ2) is 7.64. The van der Waals surface area contributed by atoms with Crippen LogP contribution in [0.5, 0.6) is 5.75 Å². The number of hydrogen-bond acceptors (Lipinski definition) is 4. The van der Waals surface area contributed by atoms with Gasteiger partial charge in [0.15, 0.2) is 9.84 Å². The normalized spacial score (nSPS) is 13.4. The van der Waals surface area contributed by atoms with Gasteiger partial charge in [0.2, 0.25) is 0 Å². The first-order valence-corrected chi connectivity index (χ1v) is 8.92. The van der Waals surface area contributed by atoms with Gasteiger partial charge in [-0.2, -0.15) is 0 Å². The summed E-state index contributed by atoms with van der Waals surface area (Å²) in [5, 5.41) is 3.37. The average Bonchev–Trinajstić information content (AvgIpc) is 2.36. The number of rotatable bonds is 8. The molecule has 0 saturated heterocycles. The minimum Gasteiger partial charge on any atom is -0.489 e. The third-order valence-corrected chi connectivity index (χ3v) is 4.05. The lowest BCUT2D eigenvalue weighted by atomic mass is 10.2.